The number of carbonyl (C=O) groups is 1. The zero-order valence-corrected chi connectivity index (χ0v) is 12.3. The Morgan fingerprint density at radius 1 is 1.56 bits per heavy atom. The third kappa shape index (κ3) is 3.45. The van der Waals surface area contributed by atoms with E-state index in [1.807, 2.05) is 13.8 Å². The summed E-state index contributed by atoms with van der Waals surface area (Å²) in [7, 11) is 1.37. The lowest BCUT2D eigenvalue weighted by Crippen LogP contribution is -2.46. The van der Waals surface area contributed by atoms with Crippen molar-refractivity contribution in [3.8, 4) is 5.75 Å². The van der Waals surface area contributed by atoms with Gasteiger partial charge >= 0.3 is 0 Å². The van der Waals surface area contributed by atoms with Gasteiger partial charge in [0.1, 0.15) is 0 Å². The van der Waals surface area contributed by atoms with Crippen molar-refractivity contribution in [3.05, 3.63) is 29.6 Å². The largest absolute Gasteiger partial charge is 0.494 e. The summed E-state index contributed by atoms with van der Waals surface area (Å²) in [6.45, 7) is 3.94. The van der Waals surface area contributed by atoms with Crippen LogP contribution in [0.2, 0.25) is 0 Å². The van der Waals surface area contributed by atoms with E-state index in [4.69, 9.17) is 4.74 Å². The maximum absolute atomic E-state index is 13.2. The van der Waals surface area contributed by atoms with Crippen LogP contribution in [0.3, 0.4) is 0 Å². The van der Waals surface area contributed by atoms with Gasteiger partial charge in [0.2, 0.25) is 0 Å². The van der Waals surface area contributed by atoms with E-state index in [0.717, 1.165) is 6.42 Å². The van der Waals surface area contributed by atoms with Gasteiger partial charge in [0.15, 0.2) is 11.6 Å². The van der Waals surface area contributed by atoms with E-state index in [0.29, 0.717) is 10.9 Å². The quantitative estimate of drug-likeness (QED) is 0.847. The van der Waals surface area contributed by atoms with Crippen LogP contribution in [0.1, 0.15) is 30.6 Å². The molecule has 1 unspecified atom stereocenters. The first-order chi connectivity index (χ1) is 8.45. The molecule has 1 amide bonds. The Balaban J connectivity index is 2.91. The zero-order valence-electron chi connectivity index (χ0n) is 10.7. The van der Waals surface area contributed by atoms with Crippen molar-refractivity contribution in [1.29, 1.82) is 0 Å². The minimum absolute atomic E-state index is 0.0692. The van der Waals surface area contributed by atoms with Crippen molar-refractivity contribution in [3.63, 3.8) is 0 Å². The molecule has 100 valence electrons. The van der Waals surface area contributed by atoms with Crippen molar-refractivity contribution in [2.75, 3.05) is 12.4 Å². The summed E-state index contributed by atoms with van der Waals surface area (Å²) in [5.74, 6) is -0.649. The minimum Gasteiger partial charge on any atom is -0.494 e. The predicted molar refractivity (Wildman–Crippen MR) is 72.9 cm³/mol. The number of carbonyl (C=O) groups excluding carboxylic acids is 1. The summed E-state index contributed by atoms with van der Waals surface area (Å²) in [5.41, 5.74) is 0.0625. The number of benzene rings is 1. The van der Waals surface area contributed by atoms with Crippen LogP contribution < -0.4 is 10.1 Å². The maximum Gasteiger partial charge on any atom is 0.251 e. The van der Waals surface area contributed by atoms with Crippen LogP contribution in [0, 0.1) is 5.82 Å². The SMILES string of the molecule is CCC(C)(CBr)NC(=O)c1ccc(F)c(OC)c1. The Morgan fingerprint density at radius 3 is 2.72 bits per heavy atom. The molecule has 0 saturated heterocycles. The van der Waals surface area contributed by atoms with E-state index in [2.05, 4.69) is 21.2 Å². The van der Waals surface area contributed by atoms with Gasteiger partial charge in [-0.3, -0.25) is 4.79 Å². The van der Waals surface area contributed by atoms with Gasteiger partial charge in [0, 0.05) is 16.4 Å². The number of nitrogens with one attached hydrogen (secondary N) is 1. The van der Waals surface area contributed by atoms with Crippen LogP contribution in [0.25, 0.3) is 0 Å². The smallest absolute Gasteiger partial charge is 0.251 e. The number of ether oxygens (including phenoxy) is 1. The summed E-state index contributed by atoms with van der Waals surface area (Å²) in [4.78, 5) is 12.0. The second-order valence-electron chi connectivity index (χ2n) is 4.35. The third-order valence-corrected chi connectivity index (χ3v) is 4.14. The molecule has 0 fully saturated rings. The monoisotopic (exact) mass is 317 g/mol. The Morgan fingerprint density at radius 2 is 2.22 bits per heavy atom. The van der Waals surface area contributed by atoms with E-state index in [-0.39, 0.29) is 17.2 Å². The number of methoxy groups -OCH3 is 1. The molecule has 0 bridgehead atoms. The maximum atomic E-state index is 13.2. The molecule has 0 radical (unpaired) electrons. The van der Waals surface area contributed by atoms with Crippen LogP contribution in [0.4, 0.5) is 4.39 Å². The van der Waals surface area contributed by atoms with Crippen molar-refractivity contribution in [1.82, 2.24) is 5.32 Å². The molecular formula is C13H17BrFNO2. The number of halogens is 2. The summed E-state index contributed by atoms with van der Waals surface area (Å²) < 4.78 is 18.1. The van der Waals surface area contributed by atoms with Crippen LogP contribution in [-0.2, 0) is 0 Å². The number of hydrogen-bond donors (Lipinski definition) is 1. The molecule has 18 heavy (non-hydrogen) atoms. The predicted octanol–water partition coefficient (Wildman–Crippen LogP) is 3.13. The normalized spacial score (nSPS) is 13.8. The molecule has 0 saturated carbocycles. The van der Waals surface area contributed by atoms with Gasteiger partial charge in [-0.05, 0) is 31.5 Å². The number of rotatable bonds is 5. The van der Waals surface area contributed by atoms with Gasteiger partial charge in [0.05, 0.1) is 7.11 Å². The molecule has 0 heterocycles. The lowest BCUT2D eigenvalue weighted by atomic mass is 10.0. The van der Waals surface area contributed by atoms with E-state index >= 15 is 0 Å². The molecule has 1 aromatic rings. The number of amides is 1. The summed E-state index contributed by atoms with van der Waals surface area (Å²) >= 11 is 3.37. The van der Waals surface area contributed by atoms with Crippen LogP contribution in [0.15, 0.2) is 18.2 Å². The molecule has 0 aliphatic carbocycles. The second-order valence-corrected chi connectivity index (χ2v) is 4.91. The average Bonchev–Trinajstić information content (AvgIpc) is 2.39. The molecular weight excluding hydrogens is 301 g/mol. The highest BCUT2D eigenvalue weighted by atomic mass is 79.9. The van der Waals surface area contributed by atoms with Gasteiger partial charge in [0.25, 0.3) is 5.91 Å². The molecule has 0 aliphatic heterocycles. The first-order valence-corrected chi connectivity index (χ1v) is 6.80. The van der Waals surface area contributed by atoms with Gasteiger partial charge < -0.3 is 10.1 Å². The van der Waals surface area contributed by atoms with E-state index in [1.165, 1.54) is 25.3 Å². The first-order valence-electron chi connectivity index (χ1n) is 5.67. The summed E-state index contributed by atoms with van der Waals surface area (Å²) in [5, 5.41) is 3.57. The number of hydrogen-bond acceptors (Lipinski definition) is 2. The van der Waals surface area contributed by atoms with Crippen molar-refractivity contribution in [2.45, 2.75) is 25.8 Å². The third-order valence-electron chi connectivity index (χ3n) is 2.90. The van der Waals surface area contributed by atoms with Crippen LogP contribution in [-0.4, -0.2) is 23.9 Å². The van der Waals surface area contributed by atoms with Gasteiger partial charge in [-0.15, -0.1) is 0 Å². The molecule has 0 aromatic heterocycles. The van der Waals surface area contributed by atoms with Crippen molar-refractivity contribution >= 4 is 21.8 Å². The molecule has 1 rings (SSSR count). The number of alkyl halides is 1. The Bertz CT molecular complexity index is 433. The van der Waals surface area contributed by atoms with Gasteiger partial charge in [-0.25, -0.2) is 4.39 Å². The second kappa shape index (κ2) is 6.18. The highest BCUT2D eigenvalue weighted by molar-refractivity contribution is 9.09. The Hall–Kier alpha value is -1.10. The zero-order chi connectivity index (χ0) is 13.8. The molecule has 3 nitrogen and oxygen atoms in total. The summed E-state index contributed by atoms with van der Waals surface area (Å²) in [6.07, 6.45) is 0.794. The lowest BCUT2D eigenvalue weighted by molar-refractivity contribution is 0.0913. The molecule has 1 aromatic carbocycles. The van der Waals surface area contributed by atoms with Crippen molar-refractivity contribution < 1.29 is 13.9 Å². The molecule has 5 heteroatoms. The van der Waals surface area contributed by atoms with Crippen LogP contribution in [0.5, 0.6) is 5.75 Å². The lowest BCUT2D eigenvalue weighted by Gasteiger charge is -2.27. The van der Waals surface area contributed by atoms with Gasteiger partial charge in [-0.2, -0.15) is 0 Å². The topological polar surface area (TPSA) is 38.3 Å². The highest BCUT2D eigenvalue weighted by Crippen LogP contribution is 2.19. The fraction of sp³-hybridized carbons (Fsp3) is 0.462. The van der Waals surface area contributed by atoms with E-state index in [1.54, 1.807) is 0 Å². The first kappa shape index (κ1) is 15.0. The standard InChI is InChI=1S/C13H17BrFNO2/c1-4-13(2,8-14)16-12(17)9-5-6-10(15)11(7-9)18-3/h5-7H,4,8H2,1-3H3,(H,16,17). The molecule has 0 aliphatic rings. The van der Waals surface area contributed by atoms with E-state index in [9.17, 15) is 9.18 Å². The fourth-order valence-electron chi connectivity index (χ4n) is 1.36. The molecule has 1 atom stereocenters. The summed E-state index contributed by atoms with van der Waals surface area (Å²) in [6, 6.07) is 4.07. The minimum atomic E-state index is -0.479. The fourth-order valence-corrected chi connectivity index (χ4v) is 1.90. The molecule has 0 spiro atoms. The molecule has 1 N–H and O–H groups in total. The Kier molecular flexibility index (Phi) is 5.14. The van der Waals surface area contributed by atoms with Crippen LogP contribution >= 0.6 is 15.9 Å². The highest BCUT2D eigenvalue weighted by Gasteiger charge is 2.23. The van der Waals surface area contributed by atoms with Gasteiger partial charge in [-0.1, -0.05) is 22.9 Å². The van der Waals surface area contributed by atoms with E-state index < -0.39 is 5.82 Å². The Labute approximate surface area is 115 Å². The average molecular weight is 318 g/mol. The van der Waals surface area contributed by atoms with Crippen molar-refractivity contribution in [2.24, 2.45) is 0 Å².